The van der Waals surface area contributed by atoms with E-state index in [0.29, 0.717) is 10.9 Å². The fourth-order valence-electron chi connectivity index (χ4n) is 2.82. The molecule has 1 heterocycles. The van der Waals surface area contributed by atoms with E-state index < -0.39 is 0 Å². The average Bonchev–Trinajstić information content (AvgIpc) is 2.85. The minimum atomic E-state index is 0.0686. The van der Waals surface area contributed by atoms with Crippen LogP contribution in [0.25, 0.3) is 0 Å². The predicted molar refractivity (Wildman–Crippen MR) is 82.9 cm³/mol. The van der Waals surface area contributed by atoms with Crippen LogP contribution >= 0.6 is 27.7 Å². The molecule has 1 saturated carbocycles. The van der Waals surface area contributed by atoms with E-state index in [-0.39, 0.29) is 11.2 Å². The summed E-state index contributed by atoms with van der Waals surface area (Å²) < 4.78 is 0. The molecule has 1 N–H and O–H groups in total. The number of benzene rings is 1. The van der Waals surface area contributed by atoms with Crippen molar-refractivity contribution < 1.29 is 4.79 Å². The summed E-state index contributed by atoms with van der Waals surface area (Å²) >= 11 is 5.36. The van der Waals surface area contributed by atoms with E-state index in [1.54, 1.807) is 11.8 Å². The van der Waals surface area contributed by atoms with Crippen molar-refractivity contribution in [2.24, 2.45) is 0 Å². The Bertz CT molecular complexity index is 446. The highest BCUT2D eigenvalue weighted by Crippen LogP contribution is 2.37. The SMILES string of the molecule is O=C(NC1CCC(Br)CC1)C1Cc2ccccc2S1. The first-order chi connectivity index (χ1) is 9.22. The van der Waals surface area contributed by atoms with Crippen LogP contribution in [0.2, 0.25) is 0 Å². The van der Waals surface area contributed by atoms with Gasteiger partial charge in [-0.2, -0.15) is 0 Å². The van der Waals surface area contributed by atoms with E-state index in [1.165, 1.54) is 23.3 Å². The van der Waals surface area contributed by atoms with Gasteiger partial charge in [0.25, 0.3) is 0 Å². The van der Waals surface area contributed by atoms with Crippen molar-refractivity contribution in [3.05, 3.63) is 29.8 Å². The monoisotopic (exact) mass is 339 g/mol. The standard InChI is InChI=1S/C15H18BrNOS/c16-11-5-7-12(8-6-11)17-15(18)14-9-10-3-1-2-4-13(10)19-14/h1-4,11-12,14H,5-9H2,(H,17,18). The van der Waals surface area contributed by atoms with Gasteiger partial charge in [0.15, 0.2) is 0 Å². The molecule has 1 unspecified atom stereocenters. The Labute approximate surface area is 126 Å². The zero-order valence-corrected chi connectivity index (χ0v) is 13.2. The highest BCUT2D eigenvalue weighted by Gasteiger charge is 2.30. The van der Waals surface area contributed by atoms with Gasteiger partial charge in [-0.3, -0.25) is 4.79 Å². The maximum absolute atomic E-state index is 12.3. The normalized spacial score (nSPS) is 29.8. The Morgan fingerprint density at radius 3 is 2.68 bits per heavy atom. The lowest BCUT2D eigenvalue weighted by Crippen LogP contribution is -2.42. The first kappa shape index (κ1) is 13.5. The summed E-state index contributed by atoms with van der Waals surface area (Å²) in [5.74, 6) is 0.222. The second-order valence-corrected chi connectivity index (χ2v) is 7.92. The first-order valence-corrected chi connectivity index (χ1v) is 8.71. The Kier molecular flexibility index (Phi) is 4.18. The smallest absolute Gasteiger partial charge is 0.234 e. The molecule has 0 radical (unpaired) electrons. The summed E-state index contributed by atoms with van der Waals surface area (Å²) in [5, 5.41) is 3.30. The van der Waals surface area contributed by atoms with Crippen LogP contribution in [0.1, 0.15) is 31.2 Å². The van der Waals surface area contributed by atoms with Gasteiger partial charge in [0.2, 0.25) is 5.91 Å². The molecule has 19 heavy (non-hydrogen) atoms. The molecule has 1 atom stereocenters. The van der Waals surface area contributed by atoms with Gasteiger partial charge >= 0.3 is 0 Å². The van der Waals surface area contributed by atoms with Gasteiger partial charge in [0.1, 0.15) is 0 Å². The Hall–Kier alpha value is -0.480. The maximum atomic E-state index is 12.3. The molecule has 1 aromatic rings. The minimum absolute atomic E-state index is 0.0686. The summed E-state index contributed by atoms with van der Waals surface area (Å²) in [4.78, 5) is 14.2. The lowest BCUT2D eigenvalue weighted by Gasteiger charge is -2.27. The molecular formula is C15H18BrNOS. The number of carbonyl (C=O) groups excluding carboxylic acids is 1. The van der Waals surface area contributed by atoms with E-state index in [9.17, 15) is 4.79 Å². The van der Waals surface area contributed by atoms with Crippen molar-refractivity contribution in [1.82, 2.24) is 5.32 Å². The number of hydrogen-bond donors (Lipinski definition) is 1. The molecule has 1 aliphatic heterocycles. The number of alkyl halides is 1. The minimum Gasteiger partial charge on any atom is -0.352 e. The fourth-order valence-corrected chi connectivity index (χ4v) is 4.55. The Morgan fingerprint density at radius 1 is 1.21 bits per heavy atom. The number of carbonyl (C=O) groups is 1. The zero-order valence-electron chi connectivity index (χ0n) is 10.8. The molecule has 2 nitrogen and oxygen atoms in total. The summed E-state index contributed by atoms with van der Waals surface area (Å²) in [6.45, 7) is 0. The molecule has 2 aliphatic rings. The summed E-state index contributed by atoms with van der Waals surface area (Å²) in [6.07, 6.45) is 5.42. The number of hydrogen-bond acceptors (Lipinski definition) is 2. The quantitative estimate of drug-likeness (QED) is 0.835. The first-order valence-electron chi connectivity index (χ1n) is 6.91. The number of nitrogens with one attached hydrogen (secondary N) is 1. The third kappa shape index (κ3) is 3.16. The van der Waals surface area contributed by atoms with E-state index >= 15 is 0 Å². The topological polar surface area (TPSA) is 29.1 Å². The lowest BCUT2D eigenvalue weighted by molar-refractivity contribution is -0.121. The highest BCUT2D eigenvalue weighted by molar-refractivity contribution is 9.09. The van der Waals surface area contributed by atoms with E-state index in [2.05, 4.69) is 39.4 Å². The van der Waals surface area contributed by atoms with Crippen LogP contribution in [0.5, 0.6) is 0 Å². The van der Waals surface area contributed by atoms with Crippen molar-refractivity contribution in [3.8, 4) is 0 Å². The van der Waals surface area contributed by atoms with Crippen LogP contribution < -0.4 is 5.32 Å². The summed E-state index contributed by atoms with van der Waals surface area (Å²) in [7, 11) is 0. The van der Waals surface area contributed by atoms with Crippen LogP contribution in [-0.2, 0) is 11.2 Å². The van der Waals surface area contributed by atoms with Gasteiger partial charge in [-0.15, -0.1) is 11.8 Å². The number of thioether (sulfide) groups is 1. The van der Waals surface area contributed by atoms with Gasteiger partial charge < -0.3 is 5.32 Å². The van der Waals surface area contributed by atoms with Crippen molar-refractivity contribution in [1.29, 1.82) is 0 Å². The maximum Gasteiger partial charge on any atom is 0.234 e. The average molecular weight is 340 g/mol. The van der Waals surface area contributed by atoms with Gasteiger partial charge in [-0.1, -0.05) is 34.1 Å². The highest BCUT2D eigenvalue weighted by atomic mass is 79.9. The molecule has 102 valence electrons. The molecule has 4 heteroatoms. The molecule has 1 aliphatic carbocycles. The molecule has 1 amide bonds. The Morgan fingerprint density at radius 2 is 1.95 bits per heavy atom. The van der Waals surface area contributed by atoms with Crippen LogP contribution in [0.15, 0.2) is 29.2 Å². The van der Waals surface area contributed by atoms with Gasteiger partial charge in [-0.05, 0) is 43.7 Å². The van der Waals surface area contributed by atoms with Crippen molar-refractivity contribution in [2.75, 3.05) is 0 Å². The van der Waals surface area contributed by atoms with Gasteiger partial charge in [-0.25, -0.2) is 0 Å². The zero-order chi connectivity index (χ0) is 13.2. The van der Waals surface area contributed by atoms with Crippen LogP contribution in [0.3, 0.4) is 0 Å². The summed E-state index contributed by atoms with van der Waals surface area (Å²) in [5.41, 5.74) is 1.32. The molecule has 0 spiro atoms. The van der Waals surface area contributed by atoms with Crippen molar-refractivity contribution in [3.63, 3.8) is 0 Å². The fraction of sp³-hybridized carbons (Fsp3) is 0.533. The predicted octanol–water partition coefficient (Wildman–Crippen LogP) is 3.53. The second kappa shape index (κ2) is 5.88. The molecule has 0 bridgehead atoms. The van der Waals surface area contributed by atoms with E-state index in [4.69, 9.17) is 0 Å². The molecule has 1 aromatic carbocycles. The largest absolute Gasteiger partial charge is 0.352 e. The van der Waals surface area contributed by atoms with E-state index in [0.717, 1.165) is 19.3 Å². The van der Waals surface area contributed by atoms with Crippen LogP contribution in [-0.4, -0.2) is 22.0 Å². The van der Waals surface area contributed by atoms with Crippen LogP contribution in [0.4, 0.5) is 0 Å². The molecule has 0 saturated heterocycles. The van der Waals surface area contributed by atoms with Crippen molar-refractivity contribution in [2.45, 2.75) is 53.1 Å². The molecule has 1 fully saturated rings. The number of halogens is 1. The molecule has 0 aromatic heterocycles. The lowest BCUT2D eigenvalue weighted by atomic mass is 9.95. The number of fused-ring (bicyclic) bond motifs is 1. The second-order valence-electron chi connectivity index (χ2n) is 5.38. The van der Waals surface area contributed by atoms with Crippen LogP contribution in [0, 0.1) is 0 Å². The van der Waals surface area contributed by atoms with Gasteiger partial charge in [0, 0.05) is 15.8 Å². The third-order valence-electron chi connectivity index (χ3n) is 3.94. The van der Waals surface area contributed by atoms with E-state index in [1.807, 2.05) is 6.07 Å². The number of amides is 1. The molecular weight excluding hydrogens is 322 g/mol. The Balaban J connectivity index is 1.55. The molecule has 3 rings (SSSR count). The summed E-state index contributed by atoms with van der Waals surface area (Å²) in [6, 6.07) is 8.72. The van der Waals surface area contributed by atoms with Crippen molar-refractivity contribution >= 4 is 33.6 Å². The third-order valence-corrected chi connectivity index (χ3v) is 6.18. The number of rotatable bonds is 2. The van der Waals surface area contributed by atoms with Gasteiger partial charge in [0.05, 0.1) is 5.25 Å².